The fraction of sp³-hybridized carbons (Fsp3) is 0.583. The van der Waals surface area contributed by atoms with Crippen molar-refractivity contribution < 1.29 is 9.30 Å². The molecule has 0 aliphatic heterocycles. The van der Waals surface area contributed by atoms with Gasteiger partial charge in [0.25, 0.3) is 6.73 Å². The van der Waals surface area contributed by atoms with E-state index in [9.17, 15) is 0 Å². The number of hydrogen-bond acceptors (Lipinski definition) is 1. The van der Waals surface area contributed by atoms with Crippen molar-refractivity contribution in [3.63, 3.8) is 0 Å². The van der Waals surface area contributed by atoms with E-state index < -0.39 is 0 Å². The fourth-order valence-electron chi connectivity index (χ4n) is 1.28. The molecule has 0 amide bonds. The van der Waals surface area contributed by atoms with Crippen LogP contribution >= 0.6 is 0 Å². The quantitative estimate of drug-likeness (QED) is 0.500. The van der Waals surface area contributed by atoms with Crippen LogP contribution in [0, 0.1) is 0 Å². The molecule has 0 saturated carbocycles. The molecular formula is C12H20NO+. The van der Waals surface area contributed by atoms with Gasteiger partial charge in [0, 0.05) is 11.6 Å². The molecule has 78 valence electrons. The number of rotatable bonds is 6. The number of nitrogens with zero attached hydrogens (tertiary/aromatic N) is 1. The van der Waals surface area contributed by atoms with Gasteiger partial charge in [0.15, 0.2) is 12.4 Å². The molecule has 0 aliphatic carbocycles. The van der Waals surface area contributed by atoms with Crippen molar-refractivity contribution in [3.8, 4) is 0 Å². The van der Waals surface area contributed by atoms with Crippen LogP contribution in [0.4, 0.5) is 0 Å². The van der Waals surface area contributed by atoms with Crippen LogP contribution < -0.4 is 4.57 Å². The van der Waals surface area contributed by atoms with Crippen LogP contribution in [0.25, 0.3) is 0 Å². The molecule has 1 aromatic rings. The zero-order valence-electron chi connectivity index (χ0n) is 9.20. The van der Waals surface area contributed by atoms with Gasteiger partial charge in [-0.25, -0.2) is 0 Å². The van der Waals surface area contributed by atoms with E-state index in [2.05, 4.69) is 36.7 Å². The minimum Gasteiger partial charge on any atom is -0.323 e. The Balaban J connectivity index is 2.34. The van der Waals surface area contributed by atoms with E-state index in [0.29, 0.717) is 6.73 Å². The Kier molecular flexibility index (Phi) is 5.23. The van der Waals surface area contributed by atoms with E-state index in [1.165, 1.54) is 12.0 Å². The standard InChI is InChI=1S/C12H20NO/c1-3-5-9-14-11-13-8-6-7-12(4-2)10-13/h6-8,10H,3-5,9,11H2,1-2H3/q+1. The van der Waals surface area contributed by atoms with Crippen LogP contribution in [-0.4, -0.2) is 6.61 Å². The molecule has 0 bridgehead atoms. The molecule has 2 heteroatoms. The monoisotopic (exact) mass is 194 g/mol. The Hall–Kier alpha value is -0.890. The maximum atomic E-state index is 5.52. The zero-order chi connectivity index (χ0) is 10.2. The number of pyridine rings is 1. The Morgan fingerprint density at radius 2 is 2.21 bits per heavy atom. The van der Waals surface area contributed by atoms with E-state index >= 15 is 0 Å². The van der Waals surface area contributed by atoms with Gasteiger partial charge in [0.05, 0.1) is 6.61 Å². The highest BCUT2D eigenvalue weighted by atomic mass is 16.5. The van der Waals surface area contributed by atoms with E-state index in [1.54, 1.807) is 0 Å². The van der Waals surface area contributed by atoms with Gasteiger partial charge in [-0.1, -0.05) is 20.3 Å². The lowest BCUT2D eigenvalue weighted by atomic mass is 10.2. The summed E-state index contributed by atoms with van der Waals surface area (Å²) < 4.78 is 7.61. The Bertz CT molecular complexity index is 260. The number of aryl methyl sites for hydroxylation is 1. The van der Waals surface area contributed by atoms with Crippen LogP contribution in [-0.2, 0) is 17.9 Å². The maximum Gasteiger partial charge on any atom is 0.252 e. The van der Waals surface area contributed by atoms with Gasteiger partial charge in [-0.05, 0) is 18.9 Å². The molecule has 0 radical (unpaired) electrons. The molecule has 0 spiro atoms. The summed E-state index contributed by atoms with van der Waals surface area (Å²) in [5.41, 5.74) is 1.35. The Morgan fingerprint density at radius 1 is 1.36 bits per heavy atom. The average Bonchev–Trinajstić information content (AvgIpc) is 2.25. The zero-order valence-corrected chi connectivity index (χ0v) is 9.20. The van der Waals surface area contributed by atoms with Gasteiger partial charge >= 0.3 is 0 Å². The molecule has 1 aromatic heterocycles. The third-order valence-corrected chi connectivity index (χ3v) is 2.21. The summed E-state index contributed by atoms with van der Waals surface area (Å²) in [7, 11) is 0. The number of unbranched alkanes of at least 4 members (excludes halogenated alkanes) is 1. The highest BCUT2D eigenvalue weighted by Gasteiger charge is 2.00. The summed E-state index contributed by atoms with van der Waals surface area (Å²) in [6, 6.07) is 4.21. The normalized spacial score (nSPS) is 10.4. The van der Waals surface area contributed by atoms with Crippen molar-refractivity contribution in [1.29, 1.82) is 0 Å². The molecule has 0 fully saturated rings. The van der Waals surface area contributed by atoms with Gasteiger partial charge in [0.1, 0.15) is 0 Å². The van der Waals surface area contributed by atoms with Gasteiger partial charge in [0.2, 0.25) is 0 Å². The van der Waals surface area contributed by atoms with Crippen molar-refractivity contribution in [3.05, 3.63) is 30.1 Å². The first-order chi connectivity index (χ1) is 6.86. The second-order valence-corrected chi connectivity index (χ2v) is 3.47. The maximum absolute atomic E-state index is 5.52. The minimum absolute atomic E-state index is 0.674. The van der Waals surface area contributed by atoms with Crippen molar-refractivity contribution in [2.45, 2.75) is 39.8 Å². The molecule has 2 nitrogen and oxygen atoms in total. The first-order valence-corrected chi connectivity index (χ1v) is 5.42. The summed E-state index contributed by atoms with van der Waals surface area (Å²) in [5, 5.41) is 0. The second kappa shape index (κ2) is 6.55. The lowest BCUT2D eigenvalue weighted by Gasteiger charge is -2.00. The molecule has 0 N–H and O–H groups in total. The van der Waals surface area contributed by atoms with Crippen molar-refractivity contribution in [2.24, 2.45) is 0 Å². The predicted octanol–water partition coefficient (Wildman–Crippen LogP) is 2.31. The molecule has 0 saturated heterocycles. The number of hydrogen-bond donors (Lipinski definition) is 0. The van der Waals surface area contributed by atoms with E-state index in [4.69, 9.17) is 4.74 Å². The van der Waals surface area contributed by atoms with Gasteiger partial charge < -0.3 is 4.74 Å². The number of ether oxygens (including phenoxy) is 1. The third-order valence-electron chi connectivity index (χ3n) is 2.21. The summed E-state index contributed by atoms with van der Waals surface area (Å²) in [6.07, 6.45) is 7.61. The molecule has 1 heterocycles. The summed E-state index contributed by atoms with van der Waals surface area (Å²) in [4.78, 5) is 0. The lowest BCUT2D eigenvalue weighted by Crippen LogP contribution is -2.34. The third kappa shape index (κ3) is 3.88. The molecule has 0 unspecified atom stereocenters. The largest absolute Gasteiger partial charge is 0.323 e. The van der Waals surface area contributed by atoms with Crippen LogP contribution in [0.5, 0.6) is 0 Å². The summed E-state index contributed by atoms with van der Waals surface area (Å²) in [6.45, 7) is 5.87. The summed E-state index contributed by atoms with van der Waals surface area (Å²) >= 11 is 0. The van der Waals surface area contributed by atoms with Crippen LogP contribution in [0.2, 0.25) is 0 Å². The van der Waals surface area contributed by atoms with Crippen molar-refractivity contribution in [1.82, 2.24) is 0 Å². The fourth-order valence-corrected chi connectivity index (χ4v) is 1.28. The molecular weight excluding hydrogens is 174 g/mol. The Morgan fingerprint density at radius 3 is 2.93 bits per heavy atom. The van der Waals surface area contributed by atoms with Crippen molar-refractivity contribution >= 4 is 0 Å². The minimum atomic E-state index is 0.674. The van der Waals surface area contributed by atoms with E-state index in [0.717, 1.165) is 19.4 Å². The van der Waals surface area contributed by atoms with Crippen LogP contribution in [0.1, 0.15) is 32.3 Å². The van der Waals surface area contributed by atoms with Gasteiger partial charge in [-0.3, -0.25) is 0 Å². The average molecular weight is 194 g/mol. The number of aromatic nitrogens is 1. The van der Waals surface area contributed by atoms with Gasteiger partial charge in [-0.15, -0.1) is 0 Å². The van der Waals surface area contributed by atoms with Gasteiger partial charge in [-0.2, -0.15) is 4.57 Å². The molecule has 14 heavy (non-hydrogen) atoms. The lowest BCUT2D eigenvalue weighted by molar-refractivity contribution is -0.733. The first kappa shape index (κ1) is 11.2. The highest BCUT2D eigenvalue weighted by Crippen LogP contribution is 1.94. The first-order valence-electron chi connectivity index (χ1n) is 5.42. The molecule has 1 rings (SSSR count). The van der Waals surface area contributed by atoms with E-state index in [1.807, 2.05) is 6.20 Å². The molecule has 0 aliphatic rings. The highest BCUT2D eigenvalue weighted by molar-refractivity contribution is 5.04. The SMILES string of the molecule is CCCCOC[n+]1cccc(CC)c1. The predicted molar refractivity (Wildman–Crippen MR) is 56.9 cm³/mol. The van der Waals surface area contributed by atoms with Crippen LogP contribution in [0.3, 0.4) is 0 Å². The summed E-state index contributed by atoms with van der Waals surface area (Å²) in [5.74, 6) is 0. The van der Waals surface area contributed by atoms with Crippen molar-refractivity contribution in [2.75, 3.05) is 6.61 Å². The molecule has 0 aromatic carbocycles. The van der Waals surface area contributed by atoms with E-state index in [-0.39, 0.29) is 0 Å². The second-order valence-electron chi connectivity index (χ2n) is 3.47. The topological polar surface area (TPSA) is 13.1 Å². The molecule has 0 atom stereocenters. The van der Waals surface area contributed by atoms with Crippen LogP contribution in [0.15, 0.2) is 24.5 Å². The Labute approximate surface area is 86.5 Å². The smallest absolute Gasteiger partial charge is 0.252 e.